The van der Waals surface area contributed by atoms with Gasteiger partial charge in [-0.1, -0.05) is 24.3 Å². The molecule has 0 aliphatic rings. The first kappa shape index (κ1) is 16.2. The van der Waals surface area contributed by atoms with Crippen LogP contribution in [0.3, 0.4) is 0 Å². The van der Waals surface area contributed by atoms with Crippen molar-refractivity contribution in [3.63, 3.8) is 0 Å². The summed E-state index contributed by atoms with van der Waals surface area (Å²) in [7, 11) is 0. The minimum atomic E-state index is -0.142. The van der Waals surface area contributed by atoms with Crippen molar-refractivity contribution < 1.29 is 9.47 Å². The van der Waals surface area contributed by atoms with Crippen molar-refractivity contribution in [3.05, 3.63) is 54.6 Å². The van der Waals surface area contributed by atoms with Gasteiger partial charge in [-0.05, 0) is 24.3 Å². The molecule has 0 atom stereocenters. The number of hydrogen-bond donors (Lipinski definition) is 3. The second-order valence-electron chi connectivity index (χ2n) is 4.51. The fourth-order valence-electron chi connectivity index (χ4n) is 1.77. The highest BCUT2D eigenvalue weighted by Gasteiger charge is 1.98. The number of guanidine groups is 2. The Morgan fingerprint density at radius 2 is 1.48 bits per heavy atom. The molecule has 23 heavy (non-hydrogen) atoms. The maximum atomic E-state index is 5.61. The van der Waals surface area contributed by atoms with E-state index in [2.05, 4.69) is 9.98 Å². The molecule has 0 spiro atoms. The smallest absolute Gasteiger partial charge is 0.223 e. The molecule has 2 rings (SSSR count). The molecule has 0 radical (unpaired) electrons. The van der Waals surface area contributed by atoms with Crippen LogP contribution in [0.1, 0.15) is 0 Å². The third-order valence-corrected chi connectivity index (χ3v) is 2.67. The molecule has 6 N–H and O–H groups in total. The monoisotopic (exact) mass is 313 g/mol. The van der Waals surface area contributed by atoms with E-state index in [0.717, 1.165) is 5.75 Å². The molecule has 0 fully saturated rings. The van der Waals surface area contributed by atoms with Gasteiger partial charge in [0.15, 0.2) is 5.96 Å². The molecule has 2 aromatic carbocycles. The van der Waals surface area contributed by atoms with E-state index in [1.54, 1.807) is 18.2 Å². The molecule has 7 heteroatoms. The second kappa shape index (κ2) is 8.28. The van der Waals surface area contributed by atoms with Crippen LogP contribution in [0.4, 0.5) is 5.69 Å². The van der Waals surface area contributed by atoms with Crippen molar-refractivity contribution in [1.29, 1.82) is 0 Å². The first-order valence-corrected chi connectivity index (χ1v) is 6.98. The van der Waals surface area contributed by atoms with Gasteiger partial charge in [0.2, 0.25) is 5.96 Å². The number of nitrogens with two attached hydrogens (primary N) is 3. The molecule has 0 saturated heterocycles. The predicted molar refractivity (Wildman–Crippen MR) is 91.0 cm³/mol. The Morgan fingerprint density at radius 1 is 0.826 bits per heavy atom. The van der Waals surface area contributed by atoms with Crippen molar-refractivity contribution in [2.45, 2.75) is 0 Å². The van der Waals surface area contributed by atoms with E-state index in [9.17, 15) is 0 Å². The van der Waals surface area contributed by atoms with Gasteiger partial charge in [-0.25, -0.2) is 4.99 Å². The van der Waals surface area contributed by atoms with Crippen LogP contribution in [-0.2, 0) is 0 Å². The minimum Gasteiger partial charge on any atom is -0.490 e. The molecule has 0 amide bonds. The van der Waals surface area contributed by atoms with Crippen LogP contribution in [0.25, 0.3) is 0 Å². The summed E-state index contributed by atoms with van der Waals surface area (Å²) in [4.78, 5) is 7.72. The largest absolute Gasteiger partial charge is 0.490 e. The van der Waals surface area contributed by atoms with E-state index in [1.807, 2.05) is 36.4 Å². The van der Waals surface area contributed by atoms with Crippen LogP contribution >= 0.6 is 0 Å². The van der Waals surface area contributed by atoms with E-state index < -0.39 is 0 Å². The van der Waals surface area contributed by atoms with Crippen molar-refractivity contribution in [2.24, 2.45) is 27.2 Å². The molecule has 0 aliphatic heterocycles. The van der Waals surface area contributed by atoms with Gasteiger partial charge in [0.05, 0.1) is 5.69 Å². The van der Waals surface area contributed by atoms with Crippen LogP contribution in [0.15, 0.2) is 64.6 Å². The van der Waals surface area contributed by atoms with E-state index in [-0.39, 0.29) is 11.9 Å². The molecule has 0 bridgehead atoms. The van der Waals surface area contributed by atoms with Crippen LogP contribution in [0.5, 0.6) is 11.5 Å². The van der Waals surface area contributed by atoms with E-state index >= 15 is 0 Å². The van der Waals surface area contributed by atoms with Gasteiger partial charge in [0, 0.05) is 6.07 Å². The standard InChI is InChI=1S/C16H19N5O2/c17-15(18)21-16(19)20-12-5-4-8-14(11-12)23-10-9-22-13-6-2-1-3-7-13/h1-8,11H,9-10H2,(H6,17,18,19,20,21). The summed E-state index contributed by atoms with van der Waals surface area (Å²) >= 11 is 0. The van der Waals surface area contributed by atoms with Crippen molar-refractivity contribution in [1.82, 2.24) is 0 Å². The highest BCUT2D eigenvalue weighted by molar-refractivity contribution is 5.93. The molecule has 0 saturated carbocycles. The van der Waals surface area contributed by atoms with Gasteiger partial charge in [-0.3, -0.25) is 0 Å². The summed E-state index contributed by atoms with van der Waals surface area (Å²) in [5, 5.41) is 0. The number of para-hydroxylation sites is 1. The summed E-state index contributed by atoms with van der Waals surface area (Å²) < 4.78 is 11.2. The predicted octanol–water partition coefficient (Wildman–Crippen LogP) is 1.36. The summed E-state index contributed by atoms with van der Waals surface area (Å²) in [5.74, 6) is 1.30. The van der Waals surface area contributed by atoms with Gasteiger partial charge in [-0.2, -0.15) is 4.99 Å². The number of hydrogen-bond acceptors (Lipinski definition) is 3. The first-order chi connectivity index (χ1) is 11.1. The highest BCUT2D eigenvalue weighted by atomic mass is 16.5. The van der Waals surface area contributed by atoms with Gasteiger partial charge in [0.25, 0.3) is 0 Å². The summed E-state index contributed by atoms with van der Waals surface area (Å²) in [6.45, 7) is 0.846. The fraction of sp³-hybridized carbons (Fsp3) is 0.125. The molecule has 0 aliphatic carbocycles. The Labute approximate surface area is 134 Å². The molecule has 0 aromatic heterocycles. The van der Waals surface area contributed by atoms with Gasteiger partial charge in [0.1, 0.15) is 24.7 Å². The molecular formula is C16H19N5O2. The lowest BCUT2D eigenvalue weighted by Crippen LogP contribution is -2.26. The van der Waals surface area contributed by atoms with E-state index in [1.165, 1.54) is 0 Å². The second-order valence-corrected chi connectivity index (χ2v) is 4.51. The summed E-state index contributed by atoms with van der Waals surface area (Å²) in [6.07, 6.45) is 0. The number of rotatable bonds is 6. The molecule has 2 aromatic rings. The van der Waals surface area contributed by atoms with E-state index in [4.69, 9.17) is 26.7 Å². The molecule has 120 valence electrons. The fourth-order valence-corrected chi connectivity index (χ4v) is 1.77. The zero-order valence-corrected chi connectivity index (χ0v) is 12.6. The van der Waals surface area contributed by atoms with Crippen LogP contribution < -0.4 is 26.7 Å². The minimum absolute atomic E-state index is 0.0189. The topological polar surface area (TPSA) is 121 Å². The summed E-state index contributed by atoms with van der Waals surface area (Å²) in [6, 6.07) is 16.7. The van der Waals surface area contributed by atoms with Crippen LogP contribution in [0.2, 0.25) is 0 Å². The maximum Gasteiger partial charge on any atom is 0.223 e. The number of nitrogens with zero attached hydrogens (tertiary/aromatic N) is 2. The first-order valence-electron chi connectivity index (χ1n) is 6.98. The lowest BCUT2D eigenvalue weighted by molar-refractivity contribution is 0.217. The van der Waals surface area contributed by atoms with Crippen molar-refractivity contribution >= 4 is 17.6 Å². The Hall–Kier alpha value is -3.22. The Morgan fingerprint density at radius 3 is 2.17 bits per heavy atom. The molecular weight excluding hydrogens is 294 g/mol. The summed E-state index contributed by atoms with van der Waals surface area (Å²) in [5.41, 5.74) is 16.6. The Kier molecular flexibility index (Phi) is 5.81. The van der Waals surface area contributed by atoms with Crippen LogP contribution in [-0.4, -0.2) is 25.1 Å². The highest BCUT2D eigenvalue weighted by Crippen LogP contribution is 2.20. The molecule has 0 unspecified atom stereocenters. The SMILES string of the molecule is NC(N)=NC(N)=Nc1cccc(OCCOc2ccccc2)c1. The third kappa shape index (κ3) is 5.96. The van der Waals surface area contributed by atoms with E-state index in [0.29, 0.717) is 24.7 Å². The third-order valence-electron chi connectivity index (χ3n) is 2.67. The lowest BCUT2D eigenvalue weighted by Gasteiger charge is -2.08. The lowest BCUT2D eigenvalue weighted by atomic mass is 10.3. The van der Waals surface area contributed by atoms with Crippen molar-refractivity contribution in [2.75, 3.05) is 13.2 Å². The molecule has 7 nitrogen and oxygen atoms in total. The normalized spacial score (nSPS) is 10.9. The Bertz CT molecular complexity index is 682. The number of aliphatic imine (C=N–C) groups is 2. The quantitative estimate of drug-likeness (QED) is 0.422. The number of benzene rings is 2. The average molecular weight is 313 g/mol. The molecule has 0 heterocycles. The van der Waals surface area contributed by atoms with Gasteiger partial charge < -0.3 is 26.7 Å². The van der Waals surface area contributed by atoms with Crippen molar-refractivity contribution in [3.8, 4) is 11.5 Å². The van der Waals surface area contributed by atoms with Gasteiger partial charge >= 0.3 is 0 Å². The zero-order valence-electron chi connectivity index (χ0n) is 12.6. The van der Waals surface area contributed by atoms with Gasteiger partial charge in [-0.15, -0.1) is 0 Å². The Balaban J connectivity index is 1.86. The maximum absolute atomic E-state index is 5.61. The average Bonchev–Trinajstić information content (AvgIpc) is 2.52. The van der Waals surface area contributed by atoms with Crippen LogP contribution in [0, 0.1) is 0 Å². The number of ether oxygens (including phenoxy) is 2. The zero-order chi connectivity index (χ0) is 16.5.